The molecule has 0 spiro atoms. The molecular formula is C14H18ClN3O. The number of fused-ring (bicyclic) bond motifs is 1. The lowest BCUT2D eigenvalue weighted by molar-refractivity contribution is -0.116. The Labute approximate surface area is 117 Å². The highest BCUT2D eigenvalue weighted by Crippen LogP contribution is 2.40. The third-order valence-electron chi connectivity index (χ3n) is 4.32. The highest BCUT2D eigenvalue weighted by Gasteiger charge is 2.31. The molecule has 3 rings (SSSR count). The minimum Gasteiger partial charge on any atom is -0.370 e. The summed E-state index contributed by atoms with van der Waals surface area (Å²) in [5.74, 6) is 1.15. The predicted molar refractivity (Wildman–Crippen MR) is 77.6 cm³/mol. The van der Waals surface area contributed by atoms with Gasteiger partial charge in [0.1, 0.15) is 6.04 Å². The van der Waals surface area contributed by atoms with E-state index in [-0.39, 0.29) is 5.91 Å². The summed E-state index contributed by atoms with van der Waals surface area (Å²) in [7, 11) is 0. The molecule has 0 aromatic heterocycles. The number of amides is 1. The Hall–Kier alpha value is -1.26. The van der Waals surface area contributed by atoms with Crippen LogP contribution >= 0.6 is 11.6 Å². The summed E-state index contributed by atoms with van der Waals surface area (Å²) in [6.07, 6.45) is 0. The number of hydrogen-bond acceptors (Lipinski definition) is 3. The number of anilines is 2. The van der Waals surface area contributed by atoms with Crippen LogP contribution in [0, 0.1) is 11.8 Å². The van der Waals surface area contributed by atoms with Crippen molar-refractivity contribution in [1.82, 2.24) is 0 Å². The molecule has 19 heavy (non-hydrogen) atoms. The molecule has 2 heterocycles. The SMILES string of the molecule is CC1CN(c2cc3c(cc2Cl)C(N)C(=O)N3)CC1C. The number of nitrogens with two attached hydrogens (primary N) is 1. The third kappa shape index (κ3) is 1.99. The van der Waals surface area contributed by atoms with Crippen LogP contribution in [0.2, 0.25) is 5.02 Å². The van der Waals surface area contributed by atoms with Gasteiger partial charge < -0.3 is 16.0 Å². The van der Waals surface area contributed by atoms with E-state index in [9.17, 15) is 4.79 Å². The van der Waals surface area contributed by atoms with Gasteiger partial charge in [0.05, 0.1) is 10.7 Å². The van der Waals surface area contributed by atoms with Crippen LogP contribution in [0.5, 0.6) is 0 Å². The van der Waals surface area contributed by atoms with Gasteiger partial charge in [-0.25, -0.2) is 0 Å². The summed E-state index contributed by atoms with van der Waals surface area (Å²) in [5, 5.41) is 3.48. The van der Waals surface area contributed by atoms with Crippen molar-refractivity contribution in [2.45, 2.75) is 19.9 Å². The molecule has 1 amide bonds. The fourth-order valence-electron chi connectivity index (χ4n) is 2.86. The number of rotatable bonds is 1. The minimum atomic E-state index is -0.599. The van der Waals surface area contributed by atoms with Crippen LogP contribution in [0.25, 0.3) is 0 Å². The molecule has 0 aliphatic carbocycles. The van der Waals surface area contributed by atoms with E-state index in [1.54, 1.807) is 0 Å². The van der Waals surface area contributed by atoms with Crippen molar-refractivity contribution in [2.24, 2.45) is 17.6 Å². The lowest BCUT2D eigenvalue weighted by Gasteiger charge is -2.21. The molecule has 4 nitrogen and oxygen atoms in total. The second kappa shape index (κ2) is 4.39. The molecule has 3 unspecified atom stereocenters. The van der Waals surface area contributed by atoms with E-state index >= 15 is 0 Å². The van der Waals surface area contributed by atoms with Crippen molar-refractivity contribution in [3.8, 4) is 0 Å². The van der Waals surface area contributed by atoms with Crippen LogP contribution in [0.3, 0.4) is 0 Å². The smallest absolute Gasteiger partial charge is 0.245 e. The highest BCUT2D eigenvalue weighted by atomic mass is 35.5. The Kier molecular flexibility index (Phi) is 2.95. The Morgan fingerprint density at radius 3 is 2.58 bits per heavy atom. The fraction of sp³-hybridized carbons (Fsp3) is 0.500. The van der Waals surface area contributed by atoms with E-state index in [0.29, 0.717) is 16.9 Å². The predicted octanol–water partition coefficient (Wildman–Crippen LogP) is 2.38. The molecule has 2 aliphatic rings. The summed E-state index contributed by atoms with van der Waals surface area (Å²) in [5.41, 5.74) is 8.40. The average molecular weight is 280 g/mol. The maximum Gasteiger partial charge on any atom is 0.245 e. The van der Waals surface area contributed by atoms with E-state index in [0.717, 1.165) is 30.0 Å². The van der Waals surface area contributed by atoms with Gasteiger partial charge in [-0.15, -0.1) is 0 Å². The Morgan fingerprint density at radius 2 is 1.95 bits per heavy atom. The molecule has 1 saturated heterocycles. The normalized spacial score (nSPS) is 29.6. The zero-order valence-corrected chi connectivity index (χ0v) is 11.9. The van der Waals surface area contributed by atoms with Crippen molar-refractivity contribution in [1.29, 1.82) is 0 Å². The number of carbonyl (C=O) groups excluding carboxylic acids is 1. The van der Waals surface area contributed by atoms with E-state index in [1.165, 1.54) is 0 Å². The molecule has 1 aromatic rings. The maximum absolute atomic E-state index is 11.6. The van der Waals surface area contributed by atoms with Crippen molar-refractivity contribution in [3.63, 3.8) is 0 Å². The summed E-state index contributed by atoms with van der Waals surface area (Å²) >= 11 is 6.36. The molecular weight excluding hydrogens is 262 g/mol. The van der Waals surface area contributed by atoms with Gasteiger partial charge in [0.2, 0.25) is 5.91 Å². The van der Waals surface area contributed by atoms with E-state index in [4.69, 9.17) is 17.3 Å². The van der Waals surface area contributed by atoms with Gasteiger partial charge >= 0.3 is 0 Å². The Balaban J connectivity index is 1.97. The van der Waals surface area contributed by atoms with Crippen molar-refractivity contribution in [3.05, 3.63) is 22.7 Å². The standard InChI is InChI=1S/C14H18ClN3O/c1-7-5-18(6-8(7)2)12-4-11-9(3-10(12)15)13(16)14(19)17-11/h3-4,7-8,13H,5-6,16H2,1-2H3,(H,17,19). The number of carbonyl (C=O) groups is 1. The van der Waals surface area contributed by atoms with Crippen LogP contribution in [-0.2, 0) is 4.79 Å². The van der Waals surface area contributed by atoms with Gasteiger partial charge in [0.15, 0.2) is 0 Å². The van der Waals surface area contributed by atoms with Gasteiger partial charge in [-0.2, -0.15) is 0 Å². The number of hydrogen-bond donors (Lipinski definition) is 2. The van der Waals surface area contributed by atoms with Gasteiger partial charge in [-0.05, 0) is 24.0 Å². The van der Waals surface area contributed by atoms with Crippen LogP contribution in [0.1, 0.15) is 25.5 Å². The Morgan fingerprint density at radius 1 is 1.32 bits per heavy atom. The molecule has 3 atom stereocenters. The summed E-state index contributed by atoms with van der Waals surface area (Å²) < 4.78 is 0. The van der Waals surface area contributed by atoms with E-state index in [1.807, 2.05) is 12.1 Å². The van der Waals surface area contributed by atoms with Crippen LogP contribution in [-0.4, -0.2) is 19.0 Å². The number of benzene rings is 1. The van der Waals surface area contributed by atoms with E-state index < -0.39 is 6.04 Å². The topological polar surface area (TPSA) is 58.4 Å². The molecule has 1 fully saturated rings. The summed E-state index contributed by atoms with van der Waals surface area (Å²) in [6, 6.07) is 3.17. The van der Waals surface area contributed by atoms with Crippen LogP contribution in [0.15, 0.2) is 12.1 Å². The molecule has 1 aromatic carbocycles. The second-order valence-electron chi connectivity index (χ2n) is 5.72. The zero-order valence-electron chi connectivity index (χ0n) is 11.1. The monoisotopic (exact) mass is 279 g/mol. The minimum absolute atomic E-state index is 0.161. The molecule has 5 heteroatoms. The first-order valence-corrected chi connectivity index (χ1v) is 7.00. The molecule has 102 valence electrons. The van der Waals surface area contributed by atoms with Crippen molar-refractivity contribution < 1.29 is 4.79 Å². The van der Waals surface area contributed by atoms with Crippen molar-refractivity contribution in [2.75, 3.05) is 23.3 Å². The zero-order chi connectivity index (χ0) is 13.7. The lowest BCUT2D eigenvalue weighted by atomic mass is 10.0. The first-order valence-electron chi connectivity index (χ1n) is 6.62. The first-order chi connectivity index (χ1) is 8.97. The second-order valence-corrected chi connectivity index (χ2v) is 6.12. The number of halogens is 1. The maximum atomic E-state index is 11.6. The van der Waals surface area contributed by atoms with Gasteiger partial charge in [-0.1, -0.05) is 25.4 Å². The molecule has 2 aliphatic heterocycles. The number of nitrogens with zero attached hydrogens (tertiary/aromatic N) is 1. The van der Waals surface area contributed by atoms with Crippen LogP contribution in [0.4, 0.5) is 11.4 Å². The summed E-state index contributed by atoms with van der Waals surface area (Å²) in [4.78, 5) is 13.9. The molecule has 0 bridgehead atoms. The molecule has 0 saturated carbocycles. The molecule has 0 radical (unpaired) electrons. The third-order valence-corrected chi connectivity index (χ3v) is 4.63. The number of nitrogens with one attached hydrogen (secondary N) is 1. The first kappa shape index (κ1) is 12.8. The van der Waals surface area contributed by atoms with Gasteiger partial charge in [0.25, 0.3) is 0 Å². The van der Waals surface area contributed by atoms with Crippen LogP contribution < -0.4 is 16.0 Å². The van der Waals surface area contributed by atoms with E-state index in [2.05, 4.69) is 24.1 Å². The lowest BCUT2D eigenvalue weighted by Crippen LogP contribution is -2.20. The largest absolute Gasteiger partial charge is 0.370 e. The highest BCUT2D eigenvalue weighted by molar-refractivity contribution is 6.33. The van der Waals surface area contributed by atoms with Gasteiger partial charge in [0, 0.05) is 24.3 Å². The Bertz CT molecular complexity index is 536. The summed E-state index contributed by atoms with van der Waals surface area (Å²) in [6.45, 7) is 6.51. The average Bonchev–Trinajstić information content (AvgIpc) is 2.82. The fourth-order valence-corrected chi connectivity index (χ4v) is 3.15. The van der Waals surface area contributed by atoms with Crippen molar-refractivity contribution >= 4 is 28.9 Å². The van der Waals surface area contributed by atoms with Gasteiger partial charge in [-0.3, -0.25) is 4.79 Å². The quantitative estimate of drug-likeness (QED) is 0.830. The molecule has 3 N–H and O–H groups in total.